The van der Waals surface area contributed by atoms with Crippen molar-refractivity contribution in [1.82, 2.24) is 0 Å². The second kappa shape index (κ2) is 8.29. The van der Waals surface area contributed by atoms with Crippen molar-refractivity contribution >= 4 is 5.97 Å². The zero-order valence-electron chi connectivity index (χ0n) is 9.96. The summed E-state index contributed by atoms with van der Waals surface area (Å²) in [5.74, 6) is 0.231. The summed E-state index contributed by atoms with van der Waals surface area (Å²) in [6, 6.07) is 0. The van der Waals surface area contributed by atoms with Crippen LogP contribution in [0.15, 0.2) is 11.3 Å². The van der Waals surface area contributed by atoms with Gasteiger partial charge in [0.15, 0.2) is 0 Å². The van der Waals surface area contributed by atoms with Gasteiger partial charge in [-0.2, -0.15) is 4.89 Å². The van der Waals surface area contributed by atoms with Crippen LogP contribution in [-0.4, -0.2) is 19.2 Å². The molecule has 0 N–H and O–H groups in total. The molecule has 0 fully saturated rings. The number of carbonyl (C=O) groups excluding carboxylic acids is 1. The molecule has 88 valence electrons. The molecule has 0 aliphatic carbocycles. The van der Waals surface area contributed by atoms with Crippen molar-refractivity contribution in [2.24, 2.45) is 0 Å². The highest BCUT2D eigenvalue weighted by molar-refractivity contribution is 5.88. The Morgan fingerprint density at radius 1 is 1.00 bits per heavy atom. The average Bonchev–Trinajstić information content (AvgIpc) is 2.26. The Balaban J connectivity index is 4.59. The molecule has 0 saturated heterocycles. The number of rotatable bonds is 7. The Hall–Kier alpha value is -1.03. The predicted octanol–water partition coefficient (Wildman–Crippen LogP) is 2.59. The van der Waals surface area contributed by atoms with E-state index in [1.807, 2.05) is 20.8 Å². The third kappa shape index (κ3) is 4.83. The Kier molecular flexibility index (Phi) is 7.72. The van der Waals surface area contributed by atoms with E-state index in [4.69, 9.17) is 4.74 Å². The molecular weight excluding hydrogens is 196 g/mol. The molecule has 4 heteroatoms. The van der Waals surface area contributed by atoms with E-state index in [1.54, 1.807) is 6.92 Å². The second-order valence-electron chi connectivity index (χ2n) is 2.82. The number of hydrogen-bond acceptors (Lipinski definition) is 4. The molecule has 4 nitrogen and oxygen atoms in total. The monoisotopic (exact) mass is 216 g/mol. The van der Waals surface area contributed by atoms with Crippen molar-refractivity contribution in [2.45, 2.75) is 40.5 Å². The van der Waals surface area contributed by atoms with Gasteiger partial charge in [0.25, 0.3) is 0 Å². The van der Waals surface area contributed by atoms with Gasteiger partial charge in [0, 0.05) is 6.42 Å². The maximum absolute atomic E-state index is 11.5. The first-order chi connectivity index (χ1) is 7.21. The van der Waals surface area contributed by atoms with Crippen molar-refractivity contribution in [3.63, 3.8) is 0 Å². The minimum Gasteiger partial charge on any atom is -0.498 e. The molecule has 0 aromatic rings. The highest BCUT2D eigenvalue weighted by Gasteiger charge is 2.16. The first-order valence-electron chi connectivity index (χ1n) is 5.39. The number of allylic oxidation sites excluding steroid dienone is 1. The molecular formula is C11H20O4. The van der Waals surface area contributed by atoms with Crippen molar-refractivity contribution < 1.29 is 19.3 Å². The summed E-state index contributed by atoms with van der Waals surface area (Å²) in [6.07, 6.45) is 1.26. The van der Waals surface area contributed by atoms with Gasteiger partial charge in [-0.05, 0) is 20.3 Å². The fourth-order valence-electron chi connectivity index (χ4n) is 1.19. The molecule has 0 aromatic carbocycles. The summed E-state index contributed by atoms with van der Waals surface area (Å²) < 4.78 is 5.37. The third-order valence-electron chi connectivity index (χ3n) is 1.83. The van der Waals surface area contributed by atoms with E-state index < -0.39 is 5.97 Å². The van der Waals surface area contributed by atoms with Crippen LogP contribution in [0.1, 0.15) is 40.5 Å². The molecule has 0 rings (SSSR count). The summed E-state index contributed by atoms with van der Waals surface area (Å²) in [5, 5.41) is 0. The van der Waals surface area contributed by atoms with Crippen molar-refractivity contribution in [3.8, 4) is 0 Å². The molecule has 0 saturated carbocycles. The van der Waals surface area contributed by atoms with Gasteiger partial charge in [-0.3, -0.25) is 4.89 Å². The van der Waals surface area contributed by atoms with Crippen LogP contribution in [0.2, 0.25) is 0 Å². The van der Waals surface area contributed by atoms with Gasteiger partial charge in [-0.1, -0.05) is 13.8 Å². The van der Waals surface area contributed by atoms with E-state index in [0.717, 1.165) is 0 Å². The molecule has 0 heterocycles. The largest absolute Gasteiger partial charge is 0.498 e. The maximum Gasteiger partial charge on any atom is 0.372 e. The molecule has 0 spiro atoms. The fraction of sp³-hybridized carbons (Fsp3) is 0.727. The molecule has 0 aromatic heterocycles. The Morgan fingerprint density at radius 3 is 2.07 bits per heavy atom. The predicted molar refractivity (Wildman–Crippen MR) is 57.0 cm³/mol. The van der Waals surface area contributed by atoms with Gasteiger partial charge >= 0.3 is 5.97 Å². The molecule has 15 heavy (non-hydrogen) atoms. The second-order valence-corrected chi connectivity index (χ2v) is 2.82. The topological polar surface area (TPSA) is 44.8 Å². The first kappa shape index (κ1) is 14.0. The van der Waals surface area contributed by atoms with Gasteiger partial charge in [-0.25, -0.2) is 4.79 Å². The van der Waals surface area contributed by atoms with Gasteiger partial charge in [0.1, 0.15) is 5.76 Å². The summed E-state index contributed by atoms with van der Waals surface area (Å²) >= 11 is 0. The average molecular weight is 216 g/mol. The van der Waals surface area contributed by atoms with Crippen LogP contribution in [0.3, 0.4) is 0 Å². The van der Waals surface area contributed by atoms with E-state index in [1.165, 1.54) is 0 Å². The molecule has 0 aliphatic rings. The van der Waals surface area contributed by atoms with Crippen LogP contribution in [0, 0.1) is 0 Å². The lowest BCUT2D eigenvalue weighted by molar-refractivity contribution is -0.265. The summed E-state index contributed by atoms with van der Waals surface area (Å²) in [7, 11) is 0. The molecule has 0 amide bonds. The zero-order valence-corrected chi connectivity index (χ0v) is 9.96. The lowest BCUT2D eigenvalue weighted by atomic mass is 10.1. The molecule has 0 bridgehead atoms. The SMILES string of the molecule is CCOOC(=O)C(CC)=C(CC)OCC. The maximum atomic E-state index is 11.5. The van der Waals surface area contributed by atoms with Crippen LogP contribution in [0.4, 0.5) is 0 Å². The minimum atomic E-state index is -0.454. The van der Waals surface area contributed by atoms with E-state index >= 15 is 0 Å². The van der Waals surface area contributed by atoms with Crippen LogP contribution >= 0.6 is 0 Å². The van der Waals surface area contributed by atoms with Crippen LogP contribution in [-0.2, 0) is 19.3 Å². The lowest BCUT2D eigenvalue weighted by Gasteiger charge is -2.11. The van der Waals surface area contributed by atoms with Gasteiger partial charge in [-0.15, -0.1) is 0 Å². The Labute approximate surface area is 91.1 Å². The summed E-state index contributed by atoms with van der Waals surface area (Å²) in [5.41, 5.74) is 0.549. The Bertz CT molecular complexity index is 221. The van der Waals surface area contributed by atoms with E-state index in [2.05, 4.69) is 9.78 Å². The first-order valence-corrected chi connectivity index (χ1v) is 5.39. The summed E-state index contributed by atoms with van der Waals surface area (Å²) in [6.45, 7) is 8.36. The number of hydrogen-bond donors (Lipinski definition) is 0. The summed E-state index contributed by atoms with van der Waals surface area (Å²) in [4.78, 5) is 20.7. The zero-order chi connectivity index (χ0) is 11.7. The highest BCUT2D eigenvalue weighted by atomic mass is 17.2. The fourth-order valence-corrected chi connectivity index (χ4v) is 1.19. The number of ether oxygens (including phenoxy) is 1. The minimum absolute atomic E-state index is 0.346. The van der Waals surface area contributed by atoms with Crippen LogP contribution in [0.5, 0.6) is 0 Å². The Morgan fingerprint density at radius 2 is 1.67 bits per heavy atom. The van der Waals surface area contributed by atoms with E-state index in [0.29, 0.717) is 37.4 Å². The third-order valence-corrected chi connectivity index (χ3v) is 1.83. The number of carbonyl (C=O) groups is 1. The molecule has 0 aliphatic heterocycles. The van der Waals surface area contributed by atoms with E-state index in [-0.39, 0.29) is 0 Å². The molecule has 0 atom stereocenters. The van der Waals surface area contributed by atoms with Crippen LogP contribution < -0.4 is 0 Å². The van der Waals surface area contributed by atoms with Crippen molar-refractivity contribution in [3.05, 3.63) is 11.3 Å². The van der Waals surface area contributed by atoms with Crippen LogP contribution in [0.25, 0.3) is 0 Å². The van der Waals surface area contributed by atoms with Crippen molar-refractivity contribution in [2.75, 3.05) is 13.2 Å². The van der Waals surface area contributed by atoms with Crippen molar-refractivity contribution in [1.29, 1.82) is 0 Å². The smallest absolute Gasteiger partial charge is 0.372 e. The van der Waals surface area contributed by atoms with Gasteiger partial charge in [0.2, 0.25) is 0 Å². The quantitative estimate of drug-likeness (QED) is 0.284. The van der Waals surface area contributed by atoms with E-state index in [9.17, 15) is 4.79 Å². The normalized spacial score (nSPS) is 12.0. The molecule has 0 radical (unpaired) electrons. The highest BCUT2D eigenvalue weighted by Crippen LogP contribution is 2.15. The lowest BCUT2D eigenvalue weighted by Crippen LogP contribution is -2.11. The standard InChI is InChI=1S/C11H20O4/c1-5-9(10(6-2)13-7-3)11(12)15-14-8-4/h5-8H2,1-4H3. The van der Waals surface area contributed by atoms with Gasteiger partial charge < -0.3 is 4.74 Å². The van der Waals surface area contributed by atoms with Gasteiger partial charge in [0.05, 0.1) is 18.8 Å². The molecule has 0 unspecified atom stereocenters.